The summed E-state index contributed by atoms with van der Waals surface area (Å²) < 4.78 is 0. The Kier molecular flexibility index (Phi) is 8.48. The molecule has 0 atom stereocenters. The first-order chi connectivity index (χ1) is 13.8. The average molecular weight is 376 g/mol. The van der Waals surface area contributed by atoms with Crippen LogP contribution in [0.5, 0.6) is 0 Å². The van der Waals surface area contributed by atoms with Crippen molar-refractivity contribution in [3.05, 3.63) is 35.4 Å². The molecule has 28 heavy (non-hydrogen) atoms. The Bertz CT molecular complexity index is 668. The van der Waals surface area contributed by atoms with E-state index in [1.165, 1.54) is 83.5 Å². The Balaban J connectivity index is 1.37. The summed E-state index contributed by atoms with van der Waals surface area (Å²) in [4.78, 5) is 0. The number of hydrogen-bond acceptors (Lipinski definition) is 1. The van der Waals surface area contributed by atoms with Crippen LogP contribution in [0.4, 0.5) is 0 Å². The lowest BCUT2D eigenvalue weighted by molar-refractivity contribution is 0.153. The molecule has 0 radical (unpaired) electrons. The summed E-state index contributed by atoms with van der Waals surface area (Å²) in [5.74, 6) is 10.4. The van der Waals surface area contributed by atoms with Crippen LogP contribution in [0.25, 0.3) is 0 Å². The van der Waals surface area contributed by atoms with E-state index in [1.807, 2.05) is 24.3 Å². The van der Waals surface area contributed by atoms with Gasteiger partial charge in [0.25, 0.3) is 0 Å². The third-order valence-electron chi connectivity index (χ3n) is 7.23. The second kappa shape index (κ2) is 11.3. The molecule has 0 spiro atoms. The molecular weight excluding hydrogens is 338 g/mol. The summed E-state index contributed by atoms with van der Waals surface area (Å²) in [5.41, 5.74) is 1.75. The van der Waals surface area contributed by atoms with Crippen LogP contribution in [0, 0.1) is 46.8 Å². The minimum atomic E-state index is 0.571. The first-order valence-electron chi connectivity index (χ1n) is 11.8. The van der Waals surface area contributed by atoms with Gasteiger partial charge in [0.15, 0.2) is 0 Å². The molecule has 0 aromatic heterocycles. The molecule has 0 heterocycles. The lowest BCUT2D eigenvalue weighted by Gasteiger charge is -2.37. The molecule has 0 bridgehead atoms. The maximum absolute atomic E-state index is 8.88. The summed E-state index contributed by atoms with van der Waals surface area (Å²) in [6.45, 7) is 2.30. The summed E-state index contributed by atoms with van der Waals surface area (Å²) in [7, 11) is 0. The molecule has 2 aliphatic carbocycles. The molecule has 0 amide bonds. The minimum absolute atomic E-state index is 0.571. The molecule has 0 N–H and O–H groups in total. The smallest absolute Gasteiger partial charge is 0.0991 e. The Morgan fingerprint density at radius 3 is 2.00 bits per heavy atom. The summed E-state index contributed by atoms with van der Waals surface area (Å²) in [6.07, 6.45) is 18.5. The van der Waals surface area contributed by atoms with Gasteiger partial charge in [-0.2, -0.15) is 5.26 Å². The molecule has 0 unspecified atom stereocenters. The quantitative estimate of drug-likeness (QED) is 0.373. The topological polar surface area (TPSA) is 23.8 Å². The van der Waals surface area contributed by atoms with E-state index in [2.05, 4.69) is 24.8 Å². The second-order valence-corrected chi connectivity index (χ2v) is 9.20. The Labute approximate surface area is 172 Å². The standard InChI is InChI=1S/C27H37N/c1-2-3-4-5-6-22-13-17-26(18-14-22)27-19-15-24(16-20-27)8-7-23-9-11-25(21-28)12-10-23/h9-12,22,24,26-27H,2-6,13-20H2,1H3/t22-,24-,26-,27-. The Morgan fingerprint density at radius 2 is 1.39 bits per heavy atom. The third kappa shape index (κ3) is 6.41. The molecule has 1 aromatic rings. The lowest BCUT2D eigenvalue weighted by atomic mass is 9.69. The molecule has 0 aliphatic heterocycles. The van der Waals surface area contributed by atoms with Gasteiger partial charge in [-0.1, -0.05) is 63.7 Å². The zero-order valence-corrected chi connectivity index (χ0v) is 17.8. The van der Waals surface area contributed by atoms with Crippen molar-refractivity contribution in [3.63, 3.8) is 0 Å². The maximum atomic E-state index is 8.88. The first-order valence-corrected chi connectivity index (χ1v) is 11.8. The monoisotopic (exact) mass is 375 g/mol. The van der Waals surface area contributed by atoms with Gasteiger partial charge < -0.3 is 0 Å². The highest BCUT2D eigenvalue weighted by atomic mass is 14.4. The number of rotatable bonds is 6. The number of nitrogens with zero attached hydrogens (tertiary/aromatic N) is 1. The number of hydrogen-bond donors (Lipinski definition) is 0. The predicted molar refractivity (Wildman–Crippen MR) is 118 cm³/mol. The summed E-state index contributed by atoms with van der Waals surface area (Å²) in [5, 5.41) is 8.88. The molecular formula is C27H37N. The zero-order chi connectivity index (χ0) is 19.6. The molecule has 150 valence electrons. The predicted octanol–water partition coefficient (Wildman–Crippen LogP) is 7.49. The number of nitriles is 1. The first kappa shape index (κ1) is 21.0. The fourth-order valence-corrected chi connectivity index (χ4v) is 5.36. The van der Waals surface area contributed by atoms with Gasteiger partial charge in [0.1, 0.15) is 0 Å². The van der Waals surface area contributed by atoms with Crippen LogP contribution in [0.3, 0.4) is 0 Å². The van der Waals surface area contributed by atoms with E-state index in [0.29, 0.717) is 11.5 Å². The molecule has 3 rings (SSSR count). The van der Waals surface area contributed by atoms with Crippen molar-refractivity contribution in [2.24, 2.45) is 23.7 Å². The molecule has 2 aliphatic rings. The third-order valence-corrected chi connectivity index (χ3v) is 7.23. The lowest BCUT2D eigenvalue weighted by Crippen LogP contribution is -2.25. The fourth-order valence-electron chi connectivity index (χ4n) is 5.36. The molecule has 1 aromatic carbocycles. The van der Waals surface area contributed by atoms with Gasteiger partial charge in [-0.15, -0.1) is 0 Å². The van der Waals surface area contributed by atoms with E-state index in [4.69, 9.17) is 5.26 Å². The van der Waals surface area contributed by atoms with Gasteiger partial charge in [0, 0.05) is 11.5 Å². The number of unbranched alkanes of at least 4 members (excludes halogenated alkanes) is 3. The van der Waals surface area contributed by atoms with E-state index in [9.17, 15) is 0 Å². The summed E-state index contributed by atoms with van der Waals surface area (Å²) in [6, 6.07) is 9.83. The highest BCUT2D eigenvalue weighted by Crippen LogP contribution is 2.42. The Morgan fingerprint density at radius 1 is 0.786 bits per heavy atom. The van der Waals surface area contributed by atoms with E-state index >= 15 is 0 Å². The van der Waals surface area contributed by atoms with Gasteiger partial charge in [0.05, 0.1) is 11.6 Å². The van der Waals surface area contributed by atoms with Crippen LogP contribution in [0.2, 0.25) is 0 Å². The van der Waals surface area contributed by atoms with Crippen LogP contribution in [-0.2, 0) is 0 Å². The molecule has 1 nitrogen and oxygen atoms in total. The molecule has 2 saturated carbocycles. The van der Waals surface area contributed by atoms with Gasteiger partial charge >= 0.3 is 0 Å². The van der Waals surface area contributed by atoms with Gasteiger partial charge in [-0.25, -0.2) is 0 Å². The van der Waals surface area contributed by atoms with Gasteiger partial charge in [-0.3, -0.25) is 0 Å². The van der Waals surface area contributed by atoms with Crippen molar-refractivity contribution in [1.29, 1.82) is 5.26 Å². The normalized spacial score (nSPS) is 27.4. The van der Waals surface area contributed by atoms with E-state index < -0.39 is 0 Å². The number of benzene rings is 1. The van der Waals surface area contributed by atoms with Crippen molar-refractivity contribution in [2.45, 2.75) is 90.4 Å². The van der Waals surface area contributed by atoms with Crippen LogP contribution < -0.4 is 0 Å². The zero-order valence-electron chi connectivity index (χ0n) is 17.8. The van der Waals surface area contributed by atoms with Crippen molar-refractivity contribution in [1.82, 2.24) is 0 Å². The second-order valence-electron chi connectivity index (χ2n) is 9.20. The highest BCUT2D eigenvalue weighted by molar-refractivity contribution is 5.40. The minimum Gasteiger partial charge on any atom is -0.192 e. The van der Waals surface area contributed by atoms with Crippen LogP contribution in [0.1, 0.15) is 102 Å². The van der Waals surface area contributed by atoms with Crippen LogP contribution in [0.15, 0.2) is 24.3 Å². The van der Waals surface area contributed by atoms with E-state index in [1.54, 1.807) is 0 Å². The molecule has 1 heteroatoms. The largest absolute Gasteiger partial charge is 0.192 e. The highest BCUT2D eigenvalue weighted by Gasteiger charge is 2.30. The van der Waals surface area contributed by atoms with E-state index in [-0.39, 0.29) is 0 Å². The van der Waals surface area contributed by atoms with Crippen LogP contribution in [-0.4, -0.2) is 0 Å². The molecule has 0 saturated heterocycles. The van der Waals surface area contributed by atoms with Crippen LogP contribution >= 0.6 is 0 Å². The fraction of sp³-hybridized carbons (Fsp3) is 0.667. The average Bonchev–Trinajstić information content (AvgIpc) is 2.76. The van der Waals surface area contributed by atoms with Crippen molar-refractivity contribution >= 4 is 0 Å². The van der Waals surface area contributed by atoms with Crippen molar-refractivity contribution in [3.8, 4) is 17.9 Å². The maximum Gasteiger partial charge on any atom is 0.0991 e. The Hall–Kier alpha value is -1.73. The van der Waals surface area contributed by atoms with Gasteiger partial charge in [-0.05, 0) is 80.5 Å². The van der Waals surface area contributed by atoms with Crippen molar-refractivity contribution < 1.29 is 0 Å². The van der Waals surface area contributed by atoms with Gasteiger partial charge in [0.2, 0.25) is 0 Å². The SMILES string of the molecule is CCCCCC[C@H]1CC[C@H]([C@H]2CC[C@H](C#Cc3ccc(C#N)cc3)CC2)CC1. The molecule has 2 fully saturated rings. The van der Waals surface area contributed by atoms with Crippen molar-refractivity contribution in [2.75, 3.05) is 0 Å². The summed E-state index contributed by atoms with van der Waals surface area (Å²) >= 11 is 0. The van der Waals surface area contributed by atoms with E-state index in [0.717, 1.165) is 23.3 Å².